The fourth-order valence-electron chi connectivity index (χ4n) is 1.84. The van der Waals surface area contributed by atoms with E-state index in [1.807, 2.05) is 32.0 Å². The zero-order valence-electron chi connectivity index (χ0n) is 9.47. The standard InChI is InChI=1S/C12H13BrN2O/c1-7-5-4-6-9(11(7)13)10-8(2)14-15(3)12(10)16/h4-6,14H,1-3H3. The number of halogens is 1. The lowest BCUT2D eigenvalue weighted by Gasteiger charge is -2.04. The number of aromatic amines is 1. The second kappa shape index (κ2) is 3.94. The molecule has 0 saturated heterocycles. The summed E-state index contributed by atoms with van der Waals surface area (Å²) in [6.45, 7) is 3.92. The second-order valence-electron chi connectivity index (χ2n) is 3.91. The van der Waals surface area contributed by atoms with Gasteiger partial charge in [0.2, 0.25) is 0 Å². The molecule has 1 aromatic carbocycles. The number of hydrogen-bond donors (Lipinski definition) is 1. The second-order valence-corrected chi connectivity index (χ2v) is 4.71. The van der Waals surface area contributed by atoms with Gasteiger partial charge in [-0.2, -0.15) is 0 Å². The Labute approximate surface area is 102 Å². The zero-order valence-corrected chi connectivity index (χ0v) is 11.1. The molecule has 0 aliphatic carbocycles. The third-order valence-electron chi connectivity index (χ3n) is 2.69. The van der Waals surface area contributed by atoms with Crippen LogP contribution in [0, 0.1) is 13.8 Å². The summed E-state index contributed by atoms with van der Waals surface area (Å²) in [7, 11) is 1.72. The summed E-state index contributed by atoms with van der Waals surface area (Å²) in [5.74, 6) is 0. The summed E-state index contributed by atoms with van der Waals surface area (Å²) >= 11 is 3.53. The van der Waals surface area contributed by atoms with E-state index < -0.39 is 0 Å². The highest BCUT2D eigenvalue weighted by atomic mass is 79.9. The molecule has 0 atom stereocenters. The Hall–Kier alpha value is -1.29. The van der Waals surface area contributed by atoms with Crippen molar-refractivity contribution in [1.82, 2.24) is 9.78 Å². The topological polar surface area (TPSA) is 37.8 Å². The molecule has 84 valence electrons. The van der Waals surface area contributed by atoms with Crippen LogP contribution in [0.3, 0.4) is 0 Å². The van der Waals surface area contributed by atoms with Gasteiger partial charge in [0, 0.05) is 22.8 Å². The molecule has 1 aromatic heterocycles. The molecule has 0 radical (unpaired) electrons. The number of nitrogens with zero attached hydrogens (tertiary/aromatic N) is 1. The van der Waals surface area contributed by atoms with E-state index >= 15 is 0 Å². The van der Waals surface area contributed by atoms with Crippen LogP contribution in [-0.4, -0.2) is 9.78 Å². The maximum atomic E-state index is 12.0. The Kier molecular flexibility index (Phi) is 2.76. The average Bonchev–Trinajstić information content (AvgIpc) is 2.47. The van der Waals surface area contributed by atoms with Gasteiger partial charge in [0.25, 0.3) is 5.56 Å². The Balaban J connectivity index is 2.78. The van der Waals surface area contributed by atoms with E-state index in [1.165, 1.54) is 4.68 Å². The molecule has 0 spiro atoms. The van der Waals surface area contributed by atoms with Crippen LogP contribution in [0.2, 0.25) is 0 Å². The van der Waals surface area contributed by atoms with Gasteiger partial charge in [0.15, 0.2) is 0 Å². The number of aryl methyl sites for hydroxylation is 3. The summed E-state index contributed by atoms with van der Waals surface area (Å²) in [6.07, 6.45) is 0. The largest absolute Gasteiger partial charge is 0.300 e. The van der Waals surface area contributed by atoms with E-state index in [-0.39, 0.29) is 5.56 Å². The highest BCUT2D eigenvalue weighted by Crippen LogP contribution is 2.30. The van der Waals surface area contributed by atoms with Gasteiger partial charge in [-0.25, -0.2) is 0 Å². The molecule has 0 aliphatic heterocycles. The van der Waals surface area contributed by atoms with Gasteiger partial charge < -0.3 is 0 Å². The third-order valence-corrected chi connectivity index (χ3v) is 3.74. The molecule has 3 nitrogen and oxygen atoms in total. The van der Waals surface area contributed by atoms with Gasteiger partial charge in [-0.05, 0) is 35.3 Å². The van der Waals surface area contributed by atoms with Crippen molar-refractivity contribution in [2.45, 2.75) is 13.8 Å². The molecule has 0 fully saturated rings. The molecule has 0 bridgehead atoms. The lowest BCUT2D eigenvalue weighted by atomic mass is 10.0. The van der Waals surface area contributed by atoms with Crippen molar-refractivity contribution >= 4 is 15.9 Å². The molecule has 0 saturated carbocycles. The van der Waals surface area contributed by atoms with E-state index in [2.05, 4.69) is 21.0 Å². The summed E-state index contributed by atoms with van der Waals surface area (Å²) in [5.41, 5.74) is 3.69. The van der Waals surface area contributed by atoms with E-state index in [0.29, 0.717) is 0 Å². The number of H-pyrrole nitrogens is 1. The van der Waals surface area contributed by atoms with Crippen LogP contribution in [0.25, 0.3) is 11.1 Å². The van der Waals surface area contributed by atoms with Crippen molar-refractivity contribution < 1.29 is 0 Å². The van der Waals surface area contributed by atoms with Gasteiger partial charge in [-0.1, -0.05) is 18.2 Å². The number of hydrogen-bond acceptors (Lipinski definition) is 1. The maximum Gasteiger partial charge on any atom is 0.274 e. The van der Waals surface area contributed by atoms with Gasteiger partial charge >= 0.3 is 0 Å². The van der Waals surface area contributed by atoms with Crippen molar-refractivity contribution in [3.63, 3.8) is 0 Å². The first kappa shape index (κ1) is 11.2. The molecule has 4 heteroatoms. The SMILES string of the molecule is Cc1cccc(-c2c(C)[nH]n(C)c2=O)c1Br. The lowest BCUT2D eigenvalue weighted by Crippen LogP contribution is -2.13. The molecule has 0 unspecified atom stereocenters. The van der Waals surface area contributed by atoms with Crippen LogP contribution in [0.4, 0.5) is 0 Å². The Morgan fingerprint density at radius 3 is 2.56 bits per heavy atom. The van der Waals surface area contributed by atoms with E-state index in [4.69, 9.17) is 0 Å². The monoisotopic (exact) mass is 280 g/mol. The molecule has 2 rings (SSSR count). The van der Waals surface area contributed by atoms with Crippen molar-refractivity contribution in [2.24, 2.45) is 7.05 Å². The summed E-state index contributed by atoms with van der Waals surface area (Å²) in [6, 6.07) is 5.93. The number of nitrogens with one attached hydrogen (secondary N) is 1. The van der Waals surface area contributed by atoms with Crippen LogP contribution < -0.4 is 5.56 Å². The quantitative estimate of drug-likeness (QED) is 0.857. The number of benzene rings is 1. The van der Waals surface area contributed by atoms with Crippen LogP contribution in [0.5, 0.6) is 0 Å². The van der Waals surface area contributed by atoms with Gasteiger partial charge in [-0.15, -0.1) is 0 Å². The van der Waals surface area contributed by atoms with Crippen LogP contribution >= 0.6 is 15.9 Å². The first-order valence-corrected chi connectivity index (χ1v) is 5.82. The highest BCUT2D eigenvalue weighted by Gasteiger charge is 2.14. The highest BCUT2D eigenvalue weighted by molar-refractivity contribution is 9.10. The average molecular weight is 281 g/mol. The molecule has 0 amide bonds. The fourth-order valence-corrected chi connectivity index (χ4v) is 2.31. The minimum atomic E-state index is 0.00352. The predicted octanol–water partition coefficient (Wildman–Crippen LogP) is 2.76. The Bertz CT molecular complexity index is 596. The fraction of sp³-hybridized carbons (Fsp3) is 0.250. The van der Waals surface area contributed by atoms with Crippen molar-refractivity contribution in [3.05, 3.63) is 44.3 Å². The van der Waals surface area contributed by atoms with Crippen molar-refractivity contribution in [3.8, 4) is 11.1 Å². The molecular formula is C12H13BrN2O. The van der Waals surface area contributed by atoms with Gasteiger partial charge in [0.05, 0.1) is 5.56 Å². The summed E-state index contributed by atoms with van der Waals surface area (Å²) in [5, 5.41) is 3.00. The lowest BCUT2D eigenvalue weighted by molar-refractivity contribution is 0.731. The van der Waals surface area contributed by atoms with E-state index in [9.17, 15) is 4.79 Å². The van der Waals surface area contributed by atoms with Crippen LogP contribution in [0.15, 0.2) is 27.5 Å². The smallest absolute Gasteiger partial charge is 0.274 e. The Morgan fingerprint density at radius 2 is 2.00 bits per heavy atom. The summed E-state index contributed by atoms with van der Waals surface area (Å²) < 4.78 is 2.48. The molecule has 0 aliphatic rings. The van der Waals surface area contributed by atoms with Gasteiger partial charge in [-0.3, -0.25) is 14.6 Å². The van der Waals surface area contributed by atoms with Gasteiger partial charge in [0.1, 0.15) is 0 Å². The first-order valence-electron chi connectivity index (χ1n) is 5.03. The molecule has 2 aromatic rings. The van der Waals surface area contributed by atoms with E-state index in [0.717, 1.165) is 26.9 Å². The first-order chi connectivity index (χ1) is 7.52. The summed E-state index contributed by atoms with van der Waals surface area (Å²) in [4.78, 5) is 12.0. The van der Waals surface area contributed by atoms with Crippen LogP contribution in [-0.2, 0) is 7.05 Å². The van der Waals surface area contributed by atoms with E-state index in [1.54, 1.807) is 7.05 Å². The van der Waals surface area contributed by atoms with Crippen LogP contribution in [0.1, 0.15) is 11.3 Å². The molecule has 1 N–H and O–H groups in total. The minimum absolute atomic E-state index is 0.00352. The molecule has 16 heavy (non-hydrogen) atoms. The number of aromatic nitrogens is 2. The Morgan fingerprint density at radius 1 is 1.31 bits per heavy atom. The third kappa shape index (κ3) is 1.63. The zero-order chi connectivity index (χ0) is 11.9. The molecular weight excluding hydrogens is 268 g/mol. The maximum absolute atomic E-state index is 12.0. The van der Waals surface area contributed by atoms with Crippen molar-refractivity contribution in [2.75, 3.05) is 0 Å². The predicted molar refractivity (Wildman–Crippen MR) is 68.6 cm³/mol. The molecule has 1 heterocycles. The minimum Gasteiger partial charge on any atom is -0.300 e. The number of rotatable bonds is 1. The van der Waals surface area contributed by atoms with Crippen molar-refractivity contribution in [1.29, 1.82) is 0 Å². The normalized spacial score (nSPS) is 10.8.